The van der Waals surface area contributed by atoms with E-state index in [-0.39, 0.29) is 5.78 Å². The van der Waals surface area contributed by atoms with Gasteiger partial charge in [-0.25, -0.2) is 0 Å². The van der Waals surface area contributed by atoms with Crippen LogP contribution in [0.3, 0.4) is 0 Å². The highest BCUT2D eigenvalue weighted by atomic mass is 16.1. The lowest BCUT2D eigenvalue weighted by atomic mass is 9.91. The first-order valence-electron chi connectivity index (χ1n) is 7.04. The van der Waals surface area contributed by atoms with Gasteiger partial charge in [0.05, 0.1) is 0 Å². The molecular formula is C16H24N2O. The number of rotatable bonds is 3. The molecule has 1 fully saturated rings. The lowest BCUT2D eigenvalue weighted by Gasteiger charge is -2.29. The molecule has 2 rings (SSSR count). The van der Waals surface area contributed by atoms with E-state index in [2.05, 4.69) is 30.1 Å². The van der Waals surface area contributed by atoms with E-state index in [1.165, 1.54) is 16.7 Å². The lowest BCUT2D eigenvalue weighted by Crippen LogP contribution is -2.43. The van der Waals surface area contributed by atoms with Crippen molar-refractivity contribution in [3.63, 3.8) is 0 Å². The number of nitrogens with zero attached hydrogens (tertiary/aromatic N) is 1. The molecule has 0 saturated carbocycles. The zero-order chi connectivity index (χ0) is 14.0. The standard InChI is InChI=1S/C16H24N2O/c1-11-9-12(2)16(14(4)19)13(3)15(11)10-18-7-5-17-6-8-18/h9,17H,5-8,10H2,1-4H3. The fourth-order valence-corrected chi connectivity index (χ4v) is 3.10. The number of nitrogens with one attached hydrogen (secondary N) is 1. The molecule has 0 bridgehead atoms. The van der Waals surface area contributed by atoms with Gasteiger partial charge in [0.1, 0.15) is 0 Å². The summed E-state index contributed by atoms with van der Waals surface area (Å²) in [6.07, 6.45) is 0. The minimum Gasteiger partial charge on any atom is -0.314 e. The molecule has 1 saturated heterocycles. The fraction of sp³-hybridized carbons (Fsp3) is 0.562. The molecule has 0 aromatic heterocycles. The van der Waals surface area contributed by atoms with Crippen LogP contribution in [-0.2, 0) is 6.54 Å². The van der Waals surface area contributed by atoms with Gasteiger partial charge in [-0.15, -0.1) is 0 Å². The van der Waals surface area contributed by atoms with Crippen LogP contribution in [0.15, 0.2) is 6.07 Å². The first-order valence-corrected chi connectivity index (χ1v) is 7.04. The summed E-state index contributed by atoms with van der Waals surface area (Å²) in [4.78, 5) is 14.3. The third-order valence-electron chi connectivity index (χ3n) is 4.07. The van der Waals surface area contributed by atoms with E-state index >= 15 is 0 Å². The third-order valence-corrected chi connectivity index (χ3v) is 4.07. The molecule has 1 aliphatic heterocycles. The molecule has 1 aromatic carbocycles. The van der Waals surface area contributed by atoms with Crippen molar-refractivity contribution in [3.05, 3.63) is 33.9 Å². The van der Waals surface area contributed by atoms with Crippen molar-refractivity contribution < 1.29 is 4.79 Å². The SMILES string of the molecule is CC(=O)c1c(C)cc(C)c(CN2CCNCC2)c1C. The van der Waals surface area contributed by atoms with Gasteiger partial charge in [-0.05, 0) is 49.9 Å². The van der Waals surface area contributed by atoms with E-state index in [4.69, 9.17) is 0 Å². The molecule has 3 nitrogen and oxygen atoms in total. The number of benzene rings is 1. The van der Waals surface area contributed by atoms with Gasteiger partial charge in [0, 0.05) is 38.3 Å². The second-order valence-corrected chi connectivity index (χ2v) is 5.57. The van der Waals surface area contributed by atoms with Gasteiger partial charge in [0.25, 0.3) is 0 Å². The second-order valence-electron chi connectivity index (χ2n) is 5.57. The lowest BCUT2D eigenvalue weighted by molar-refractivity contribution is 0.101. The zero-order valence-corrected chi connectivity index (χ0v) is 12.5. The maximum Gasteiger partial charge on any atom is 0.160 e. The minimum absolute atomic E-state index is 0.177. The van der Waals surface area contributed by atoms with E-state index < -0.39 is 0 Å². The van der Waals surface area contributed by atoms with Crippen molar-refractivity contribution >= 4 is 5.78 Å². The van der Waals surface area contributed by atoms with Crippen LogP contribution < -0.4 is 5.32 Å². The molecule has 0 unspecified atom stereocenters. The molecule has 3 heteroatoms. The summed E-state index contributed by atoms with van der Waals surface area (Å²) in [5, 5.41) is 3.37. The molecule has 0 spiro atoms. The highest BCUT2D eigenvalue weighted by molar-refractivity contribution is 5.97. The van der Waals surface area contributed by atoms with Crippen molar-refractivity contribution in [1.82, 2.24) is 10.2 Å². The van der Waals surface area contributed by atoms with Crippen LogP contribution in [0.4, 0.5) is 0 Å². The van der Waals surface area contributed by atoms with Crippen LogP contribution in [0.2, 0.25) is 0 Å². The predicted molar refractivity (Wildman–Crippen MR) is 78.8 cm³/mol. The quantitative estimate of drug-likeness (QED) is 0.846. The Hall–Kier alpha value is -1.19. The Morgan fingerprint density at radius 3 is 2.42 bits per heavy atom. The van der Waals surface area contributed by atoms with E-state index in [0.717, 1.165) is 43.9 Å². The summed E-state index contributed by atoms with van der Waals surface area (Å²) >= 11 is 0. The van der Waals surface area contributed by atoms with Crippen molar-refractivity contribution in [2.75, 3.05) is 26.2 Å². The van der Waals surface area contributed by atoms with Gasteiger partial charge in [-0.3, -0.25) is 9.69 Å². The van der Waals surface area contributed by atoms with Gasteiger partial charge >= 0.3 is 0 Å². The van der Waals surface area contributed by atoms with Crippen LogP contribution in [-0.4, -0.2) is 36.9 Å². The van der Waals surface area contributed by atoms with Crippen molar-refractivity contribution in [1.29, 1.82) is 0 Å². The van der Waals surface area contributed by atoms with Crippen LogP contribution in [0.1, 0.15) is 39.5 Å². The van der Waals surface area contributed by atoms with Crippen molar-refractivity contribution in [2.24, 2.45) is 0 Å². The van der Waals surface area contributed by atoms with Gasteiger partial charge in [0.15, 0.2) is 5.78 Å². The number of carbonyl (C=O) groups is 1. The van der Waals surface area contributed by atoms with Crippen LogP contribution in [0.25, 0.3) is 0 Å². The zero-order valence-electron chi connectivity index (χ0n) is 12.5. The first-order chi connectivity index (χ1) is 9.00. The van der Waals surface area contributed by atoms with Crippen LogP contribution in [0, 0.1) is 20.8 Å². The Labute approximate surface area is 116 Å². The average Bonchev–Trinajstić information content (AvgIpc) is 2.35. The van der Waals surface area contributed by atoms with Crippen molar-refractivity contribution in [3.8, 4) is 0 Å². The number of aryl methyl sites for hydroxylation is 2. The molecule has 1 N–H and O–H groups in total. The Morgan fingerprint density at radius 2 is 1.84 bits per heavy atom. The average molecular weight is 260 g/mol. The number of hydrogen-bond acceptors (Lipinski definition) is 3. The molecule has 104 valence electrons. The molecule has 1 heterocycles. The number of piperazine rings is 1. The normalized spacial score (nSPS) is 16.6. The summed E-state index contributed by atoms with van der Waals surface area (Å²) in [7, 11) is 0. The summed E-state index contributed by atoms with van der Waals surface area (Å²) in [6.45, 7) is 13.2. The highest BCUT2D eigenvalue weighted by Gasteiger charge is 2.17. The Balaban J connectivity index is 2.33. The maximum absolute atomic E-state index is 11.8. The van der Waals surface area contributed by atoms with Crippen molar-refractivity contribution in [2.45, 2.75) is 34.2 Å². The largest absolute Gasteiger partial charge is 0.314 e. The number of carbonyl (C=O) groups excluding carboxylic acids is 1. The molecule has 0 aliphatic carbocycles. The minimum atomic E-state index is 0.177. The molecule has 1 aliphatic rings. The molecular weight excluding hydrogens is 236 g/mol. The smallest absolute Gasteiger partial charge is 0.160 e. The Bertz CT molecular complexity index is 488. The van der Waals surface area contributed by atoms with Crippen LogP contribution in [0.5, 0.6) is 0 Å². The summed E-state index contributed by atoms with van der Waals surface area (Å²) in [5.41, 5.74) is 5.82. The molecule has 1 aromatic rings. The maximum atomic E-state index is 11.8. The van der Waals surface area contributed by atoms with Gasteiger partial charge in [-0.2, -0.15) is 0 Å². The number of ketones is 1. The molecule has 0 amide bonds. The monoisotopic (exact) mass is 260 g/mol. The molecule has 0 radical (unpaired) electrons. The first kappa shape index (κ1) is 14.2. The second kappa shape index (κ2) is 5.85. The van der Waals surface area contributed by atoms with Gasteiger partial charge in [0.2, 0.25) is 0 Å². The van der Waals surface area contributed by atoms with E-state index in [1.54, 1.807) is 6.92 Å². The summed E-state index contributed by atoms with van der Waals surface area (Å²) in [5.74, 6) is 0.177. The molecule has 0 atom stereocenters. The van der Waals surface area contributed by atoms with Crippen LogP contribution >= 0.6 is 0 Å². The molecule has 19 heavy (non-hydrogen) atoms. The Kier molecular flexibility index (Phi) is 4.38. The Morgan fingerprint density at radius 1 is 1.21 bits per heavy atom. The number of hydrogen-bond donors (Lipinski definition) is 1. The van der Waals surface area contributed by atoms with Gasteiger partial charge < -0.3 is 5.32 Å². The van der Waals surface area contributed by atoms with E-state index in [0.29, 0.717) is 0 Å². The van der Waals surface area contributed by atoms with E-state index in [9.17, 15) is 4.79 Å². The number of Topliss-reactive ketones (excluding diaryl/α,β-unsaturated/α-hetero) is 1. The third kappa shape index (κ3) is 3.04. The van der Waals surface area contributed by atoms with E-state index in [1.807, 2.05) is 6.92 Å². The predicted octanol–water partition coefficient (Wildman–Crippen LogP) is 2.22. The summed E-state index contributed by atoms with van der Waals surface area (Å²) in [6, 6.07) is 2.15. The summed E-state index contributed by atoms with van der Waals surface area (Å²) < 4.78 is 0. The topological polar surface area (TPSA) is 32.3 Å². The fourth-order valence-electron chi connectivity index (χ4n) is 3.10. The highest BCUT2D eigenvalue weighted by Crippen LogP contribution is 2.24. The van der Waals surface area contributed by atoms with Gasteiger partial charge in [-0.1, -0.05) is 6.07 Å².